The Balaban J connectivity index is 2.94. The Morgan fingerprint density at radius 1 is 1.57 bits per heavy atom. The number of Topliss-reactive ketones (excluding diaryl/α,β-unsaturated/α-hetero) is 1. The summed E-state index contributed by atoms with van der Waals surface area (Å²) in [7, 11) is 0. The Morgan fingerprint density at radius 3 is 2.50 bits per heavy atom. The van der Waals surface area contributed by atoms with Gasteiger partial charge in [0.25, 0.3) is 0 Å². The summed E-state index contributed by atoms with van der Waals surface area (Å²) in [4.78, 5) is 10.9. The fourth-order valence-electron chi connectivity index (χ4n) is 0.891. The van der Waals surface area contributed by atoms with Gasteiger partial charge in [0.2, 0.25) is 0 Å². The van der Waals surface area contributed by atoms with Crippen LogP contribution in [0.1, 0.15) is 25.6 Å². The predicted octanol–water partition coefficient (Wildman–Crippen LogP) is 2.05. The van der Waals surface area contributed by atoms with Crippen LogP contribution in [0.15, 0.2) is 12.3 Å². The molecule has 1 aromatic rings. The Morgan fingerprint density at radius 2 is 2.14 bits per heavy atom. The largest absolute Gasteiger partial charge is 0.435 e. The van der Waals surface area contributed by atoms with Gasteiger partial charge in [0.15, 0.2) is 11.5 Å². The third-order valence-electron chi connectivity index (χ3n) is 1.88. The molecule has 0 aromatic carbocycles. The van der Waals surface area contributed by atoms with Crippen LogP contribution < -0.4 is 0 Å². The number of carbonyl (C=O) groups excluding carboxylic acids is 1. The molecule has 0 fully saturated rings. The van der Waals surface area contributed by atoms with Crippen molar-refractivity contribution in [3.05, 3.63) is 18.0 Å². The fourth-order valence-corrected chi connectivity index (χ4v) is 0.891. The number of hydrogen-bond donors (Lipinski definition) is 0. The highest BCUT2D eigenvalue weighted by Gasteiger charge is 2.34. The quantitative estimate of drug-likeness (QED) is 0.742. The predicted molar refractivity (Wildman–Crippen MR) is 42.6 cm³/mol. The van der Waals surface area contributed by atoms with E-state index in [1.165, 1.54) is 13.8 Å². The minimum Gasteiger partial charge on any atom is -0.298 e. The van der Waals surface area contributed by atoms with Crippen molar-refractivity contribution in [2.75, 3.05) is 0 Å². The van der Waals surface area contributed by atoms with Gasteiger partial charge in [0.05, 0.1) is 0 Å². The second-order valence-electron chi connectivity index (χ2n) is 2.97. The van der Waals surface area contributed by atoms with Crippen LogP contribution in [0, 0.1) is 0 Å². The Bertz CT molecular complexity index is 343. The number of aromatic nitrogens is 2. The molecule has 0 spiro atoms. The summed E-state index contributed by atoms with van der Waals surface area (Å²) in [5.74, 6) is -0.234. The van der Waals surface area contributed by atoms with E-state index in [9.17, 15) is 18.0 Å². The van der Waals surface area contributed by atoms with Gasteiger partial charge < -0.3 is 0 Å². The number of nitrogens with zero attached hydrogens (tertiary/aromatic N) is 2. The van der Waals surface area contributed by atoms with E-state index in [1.807, 2.05) is 0 Å². The molecule has 1 aromatic heterocycles. The maximum absolute atomic E-state index is 12.1. The van der Waals surface area contributed by atoms with Crippen molar-refractivity contribution in [1.29, 1.82) is 0 Å². The topological polar surface area (TPSA) is 34.9 Å². The molecule has 6 heteroatoms. The van der Waals surface area contributed by atoms with Gasteiger partial charge in [-0.25, -0.2) is 0 Å². The Kier molecular flexibility index (Phi) is 2.64. The van der Waals surface area contributed by atoms with E-state index in [1.54, 1.807) is 0 Å². The lowest BCUT2D eigenvalue weighted by Gasteiger charge is -2.07. The molecule has 0 radical (unpaired) electrons. The van der Waals surface area contributed by atoms with Gasteiger partial charge >= 0.3 is 6.18 Å². The molecule has 0 saturated carbocycles. The zero-order valence-electron chi connectivity index (χ0n) is 7.67. The van der Waals surface area contributed by atoms with Gasteiger partial charge in [0.1, 0.15) is 6.04 Å². The highest BCUT2D eigenvalue weighted by molar-refractivity contribution is 5.79. The highest BCUT2D eigenvalue weighted by atomic mass is 19.4. The van der Waals surface area contributed by atoms with Crippen molar-refractivity contribution < 1.29 is 18.0 Å². The first kappa shape index (κ1) is 10.7. The molecule has 0 N–H and O–H groups in total. The molecule has 1 unspecified atom stereocenters. The molecule has 1 atom stereocenters. The molecule has 1 heterocycles. The van der Waals surface area contributed by atoms with Gasteiger partial charge in [0, 0.05) is 6.20 Å². The summed E-state index contributed by atoms with van der Waals surface area (Å²) in [5.41, 5.74) is -0.981. The number of rotatable bonds is 2. The van der Waals surface area contributed by atoms with Crippen molar-refractivity contribution in [2.45, 2.75) is 26.1 Å². The first-order chi connectivity index (χ1) is 6.32. The Hall–Kier alpha value is -1.33. The molecular formula is C8H9F3N2O. The molecule has 1 rings (SSSR count). The van der Waals surface area contributed by atoms with Gasteiger partial charge in [-0.05, 0) is 19.9 Å². The molecule has 3 nitrogen and oxygen atoms in total. The Labute approximate surface area is 78.5 Å². The van der Waals surface area contributed by atoms with Crippen LogP contribution in [0.5, 0.6) is 0 Å². The van der Waals surface area contributed by atoms with Crippen LogP contribution in [0.3, 0.4) is 0 Å². The molecule has 0 aliphatic rings. The van der Waals surface area contributed by atoms with Gasteiger partial charge in [-0.3, -0.25) is 9.48 Å². The van der Waals surface area contributed by atoms with Crippen molar-refractivity contribution in [2.24, 2.45) is 0 Å². The number of ketones is 1. The third kappa shape index (κ3) is 2.12. The van der Waals surface area contributed by atoms with Crippen molar-refractivity contribution in [1.82, 2.24) is 9.78 Å². The number of hydrogen-bond acceptors (Lipinski definition) is 2. The molecule has 0 saturated heterocycles. The summed E-state index contributed by atoms with van der Waals surface area (Å²) >= 11 is 0. The monoisotopic (exact) mass is 206 g/mol. The molecule has 78 valence electrons. The zero-order chi connectivity index (χ0) is 10.9. The van der Waals surface area contributed by atoms with Crippen molar-refractivity contribution in [3.8, 4) is 0 Å². The molecule has 0 aliphatic heterocycles. The lowest BCUT2D eigenvalue weighted by atomic mass is 10.2. The fraction of sp³-hybridized carbons (Fsp3) is 0.500. The number of alkyl halides is 3. The van der Waals surface area contributed by atoms with E-state index in [0.29, 0.717) is 0 Å². The van der Waals surface area contributed by atoms with E-state index < -0.39 is 17.9 Å². The highest BCUT2D eigenvalue weighted by Crippen LogP contribution is 2.27. The minimum atomic E-state index is -4.46. The second kappa shape index (κ2) is 3.43. The van der Waals surface area contributed by atoms with Gasteiger partial charge in [-0.15, -0.1) is 0 Å². The zero-order valence-corrected chi connectivity index (χ0v) is 7.67. The van der Waals surface area contributed by atoms with Crippen LogP contribution in [0.25, 0.3) is 0 Å². The second-order valence-corrected chi connectivity index (χ2v) is 2.97. The lowest BCUT2D eigenvalue weighted by molar-refractivity contribution is -0.141. The third-order valence-corrected chi connectivity index (χ3v) is 1.88. The van der Waals surface area contributed by atoms with Gasteiger partial charge in [-0.1, -0.05) is 0 Å². The minimum absolute atomic E-state index is 0.234. The summed E-state index contributed by atoms with van der Waals surface area (Å²) in [6.07, 6.45) is -3.31. The number of halogens is 3. The summed E-state index contributed by atoms with van der Waals surface area (Å²) < 4.78 is 37.3. The summed E-state index contributed by atoms with van der Waals surface area (Å²) in [6.45, 7) is 2.80. The first-order valence-corrected chi connectivity index (χ1v) is 3.95. The molecule has 0 amide bonds. The lowest BCUT2D eigenvalue weighted by Crippen LogP contribution is -2.15. The van der Waals surface area contributed by atoms with E-state index in [-0.39, 0.29) is 5.78 Å². The molecule has 0 bridgehead atoms. The molecule has 0 aliphatic carbocycles. The average Bonchev–Trinajstić information content (AvgIpc) is 2.49. The number of carbonyl (C=O) groups is 1. The molecular weight excluding hydrogens is 197 g/mol. The van der Waals surface area contributed by atoms with E-state index in [0.717, 1.165) is 16.9 Å². The van der Waals surface area contributed by atoms with E-state index in [2.05, 4.69) is 5.10 Å². The van der Waals surface area contributed by atoms with Crippen LogP contribution >= 0.6 is 0 Å². The molecule has 14 heavy (non-hydrogen) atoms. The van der Waals surface area contributed by atoms with Crippen molar-refractivity contribution >= 4 is 5.78 Å². The first-order valence-electron chi connectivity index (χ1n) is 3.95. The SMILES string of the molecule is CC(=O)C(C)n1ccc(C(F)(F)F)n1. The van der Waals surface area contributed by atoms with Crippen LogP contribution in [0.2, 0.25) is 0 Å². The summed E-state index contributed by atoms with van der Waals surface area (Å²) in [5, 5.41) is 3.27. The van der Waals surface area contributed by atoms with Crippen molar-refractivity contribution in [3.63, 3.8) is 0 Å². The van der Waals surface area contributed by atoms with Crippen LogP contribution in [-0.4, -0.2) is 15.6 Å². The average molecular weight is 206 g/mol. The summed E-state index contributed by atoms with van der Waals surface area (Å²) in [6, 6.07) is 0.186. The maximum atomic E-state index is 12.1. The maximum Gasteiger partial charge on any atom is 0.435 e. The standard InChI is InChI=1S/C8H9F3N2O/c1-5(6(2)14)13-4-3-7(12-13)8(9,10)11/h3-5H,1-2H3. The van der Waals surface area contributed by atoms with E-state index >= 15 is 0 Å². The van der Waals surface area contributed by atoms with E-state index in [4.69, 9.17) is 0 Å². The van der Waals surface area contributed by atoms with Crippen LogP contribution in [0.4, 0.5) is 13.2 Å². The smallest absolute Gasteiger partial charge is 0.298 e. The normalized spacial score (nSPS) is 14.1. The van der Waals surface area contributed by atoms with Crippen LogP contribution in [-0.2, 0) is 11.0 Å². The van der Waals surface area contributed by atoms with Gasteiger partial charge in [-0.2, -0.15) is 18.3 Å².